The summed E-state index contributed by atoms with van der Waals surface area (Å²) < 4.78 is 11.9. The number of phenols is 1. The van der Waals surface area contributed by atoms with Crippen LogP contribution in [0, 0.1) is 13.8 Å². The molecule has 2 aromatic carbocycles. The van der Waals surface area contributed by atoms with Gasteiger partial charge in [0.2, 0.25) is 0 Å². The van der Waals surface area contributed by atoms with Crippen molar-refractivity contribution in [3.05, 3.63) is 64.3 Å². The molecule has 35 heavy (non-hydrogen) atoms. The molecule has 2 aliphatic rings. The predicted octanol–water partition coefficient (Wildman–Crippen LogP) is 5.30. The van der Waals surface area contributed by atoms with E-state index in [2.05, 4.69) is 17.1 Å². The van der Waals surface area contributed by atoms with Gasteiger partial charge in [-0.1, -0.05) is 31.5 Å². The standard InChI is InChI=1S/C28H33N3O4/c1-4-5-11-34-20-9-6-8-19(15-20)27-24-25(23-18(3)13-17(2)14-22(23)32)29-30-26(24)28(33)31(27)16-21-10-7-12-35-21/h6,8-9,13-15,21,27,32H,4-5,7,10-12,16H2,1-3H3,(H,29,30). The van der Waals surface area contributed by atoms with Crippen molar-refractivity contribution in [1.29, 1.82) is 0 Å². The number of rotatable bonds is 8. The minimum absolute atomic E-state index is 0.0142. The molecule has 7 nitrogen and oxygen atoms in total. The number of unbranched alkanes of at least 4 members (excludes halogenated alkanes) is 1. The van der Waals surface area contributed by atoms with Crippen molar-refractivity contribution in [3.63, 3.8) is 0 Å². The highest BCUT2D eigenvalue weighted by atomic mass is 16.5. The lowest BCUT2D eigenvalue weighted by Gasteiger charge is -2.29. The minimum atomic E-state index is -0.356. The molecule has 0 spiro atoms. The first-order valence-electron chi connectivity index (χ1n) is 12.5. The van der Waals surface area contributed by atoms with Gasteiger partial charge >= 0.3 is 0 Å². The summed E-state index contributed by atoms with van der Waals surface area (Å²) in [5, 5.41) is 18.4. The number of hydrogen-bond acceptors (Lipinski definition) is 5. The van der Waals surface area contributed by atoms with Gasteiger partial charge in [0.25, 0.3) is 5.91 Å². The number of hydrogen-bond donors (Lipinski definition) is 2. The van der Waals surface area contributed by atoms with Gasteiger partial charge in [-0.05, 0) is 68.0 Å². The third kappa shape index (κ3) is 4.41. The fraction of sp³-hybridized carbons (Fsp3) is 0.429. The van der Waals surface area contributed by atoms with E-state index in [1.165, 1.54) is 0 Å². The molecule has 3 heterocycles. The molecular formula is C28H33N3O4. The SMILES string of the molecule is CCCCOc1cccc(C2c3c(-c4c(C)cc(C)cc4O)n[nH]c3C(=O)N2CC2CCCO2)c1. The maximum atomic E-state index is 13.6. The largest absolute Gasteiger partial charge is 0.507 e. The summed E-state index contributed by atoms with van der Waals surface area (Å²) in [4.78, 5) is 15.5. The smallest absolute Gasteiger partial charge is 0.273 e. The Morgan fingerprint density at radius 1 is 1.26 bits per heavy atom. The molecule has 7 heteroatoms. The van der Waals surface area contributed by atoms with Gasteiger partial charge in [-0.15, -0.1) is 0 Å². The first-order valence-corrected chi connectivity index (χ1v) is 12.5. The minimum Gasteiger partial charge on any atom is -0.507 e. The molecule has 2 unspecified atom stereocenters. The first-order chi connectivity index (χ1) is 17.0. The number of ether oxygens (including phenoxy) is 2. The van der Waals surface area contributed by atoms with Gasteiger partial charge in [0, 0.05) is 24.3 Å². The maximum Gasteiger partial charge on any atom is 0.273 e. The van der Waals surface area contributed by atoms with Crippen molar-refractivity contribution in [2.24, 2.45) is 0 Å². The monoisotopic (exact) mass is 475 g/mol. The Labute approximate surface area is 206 Å². The van der Waals surface area contributed by atoms with Crippen LogP contribution in [0.5, 0.6) is 11.5 Å². The van der Waals surface area contributed by atoms with Crippen LogP contribution in [-0.4, -0.2) is 52.0 Å². The van der Waals surface area contributed by atoms with Crippen LogP contribution in [0.4, 0.5) is 0 Å². The molecule has 1 saturated heterocycles. The molecule has 0 bridgehead atoms. The van der Waals surface area contributed by atoms with Crippen LogP contribution in [0.2, 0.25) is 0 Å². The number of fused-ring (bicyclic) bond motifs is 1. The third-order valence-electron chi connectivity index (χ3n) is 6.92. The summed E-state index contributed by atoms with van der Waals surface area (Å²) in [6.45, 7) is 7.93. The number of nitrogens with zero attached hydrogens (tertiary/aromatic N) is 2. The normalized spacial score (nSPS) is 19.4. The zero-order chi connectivity index (χ0) is 24.5. The molecule has 0 radical (unpaired) electrons. The molecule has 3 aromatic rings. The van der Waals surface area contributed by atoms with Gasteiger partial charge in [0.15, 0.2) is 0 Å². The van der Waals surface area contributed by atoms with E-state index in [1.54, 1.807) is 6.07 Å². The number of aromatic hydroxyl groups is 1. The lowest BCUT2D eigenvalue weighted by Crippen LogP contribution is -2.36. The molecule has 1 aromatic heterocycles. The Hall–Kier alpha value is -3.32. The van der Waals surface area contributed by atoms with E-state index in [0.29, 0.717) is 30.1 Å². The number of aryl methyl sites for hydroxylation is 2. The van der Waals surface area contributed by atoms with E-state index in [9.17, 15) is 9.90 Å². The first kappa shape index (κ1) is 23.4. The molecule has 2 aliphatic heterocycles. The molecular weight excluding hydrogens is 442 g/mol. The van der Waals surface area contributed by atoms with Crippen molar-refractivity contribution >= 4 is 5.91 Å². The van der Waals surface area contributed by atoms with E-state index in [1.807, 2.05) is 49.1 Å². The van der Waals surface area contributed by atoms with E-state index in [0.717, 1.165) is 60.3 Å². The summed E-state index contributed by atoms with van der Waals surface area (Å²) in [6, 6.07) is 11.4. The third-order valence-corrected chi connectivity index (χ3v) is 6.92. The van der Waals surface area contributed by atoms with Crippen LogP contribution < -0.4 is 4.74 Å². The Bertz CT molecular complexity index is 1210. The van der Waals surface area contributed by atoms with Crippen LogP contribution in [0.25, 0.3) is 11.3 Å². The van der Waals surface area contributed by atoms with E-state index in [-0.39, 0.29) is 23.8 Å². The second-order valence-electron chi connectivity index (χ2n) is 9.61. The van der Waals surface area contributed by atoms with Crippen molar-refractivity contribution < 1.29 is 19.4 Å². The number of aromatic amines is 1. The highest BCUT2D eigenvalue weighted by Crippen LogP contribution is 2.46. The number of carbonyl (C=O) groups excluding carboxylic acids is 1. The number of phenolic OH excluding ortho intramolecular Hbond substituents is 1. The molecule has 0 aliphatic carbocycles. The number of aromatic nitrogens is 2. The van der Waals surface area contributed by atoms with Crippen molar-refractivity contribution in [2.45, 2.75) is 58.6 Å². The Kier molecular flexibility index (Phi) is 6.52. The molecule has 184 valence electrons. The Balaban J connectivity index is 1.61. The number of nitrogens with one attached hydrogen (secondary N) is 1. The Morgan fingerprint density at radius 2 is 2.11 bits per heavy atom. The Morgan fingerprint density at radius 3 is 2.86 bits per heavy atom. The molecule has 0 saturated carbocycles. The summed E-state index contributed by atoms with van der Waals surface area (Å²) >= 11 is 0. The molecule has 5 rings (SSSR count). The van der Waals surface area contributed by atoms with E-state index < -0.39 is 0 Å². The second kappa shape index (κ2) is 9.74. The van der Waals surface area contributed by atoms with Crippen molar-refractivity contribution in [2.75, 3.05) is 19.8 Å². The zero-order valence-electron chi connectivity index (χ0n) is 20.6. The number of benzene rings is 2. The lowest BCUT2D eigenvalue weighted by molar-refractivity contribution is 0.0495. The predicted molar refractivity (Wildman–Crippen MR) is 134 cm³/mol. The summed E-state index contributed by atoms with van der Waals surface area (Å²) in [6.07, 6.45) is 4.01. The fourth-order valence-electron chi connectivity index (χ4n) is 5.29. The van der Waals surface area contributed by atoms with Gasteiger partial charge in [0.05, 0.1) is 18.8 Å². The highest BCUT2D eigenvalue weighted by molar-refractivity contribution is 6.00. The maximum absolute atomic E-state index is 13.6. The van der Waals surface area contributed by atoms with E-state index >= 15 is 0 Å². The summed E-state index contributed by atoms with van der Waals surface area (Å²) in [5.74, 6) is 0.853. The second-order valence-corrected chi connectivity index (χ2v) is 9.61. The van der Waals surface area contributed by atoms with Crippen LogP contribution in [-0.2, 0) is 4.74 Å². The van der Waals surface area contributed by atoms with Crippen LogP contribution in [0.3, 0.4) is 0 Å². The lowest BCUT2D eigenvalue weighted by atomic mass is 9.93. The number of amides is 1. The molecule has 1 fully saturated rings. The van der Waals surface area contributed by atoms with E-state index in [4.69, 9.17) is 9.47 Å². The highest BCUT2D eigenvalue weighted by Gasteiger charge is 2.44. The topological polar surface area (TPSA) is 87.7 Å². The quantitative estimate of drug-likeness (QED) is 0.432. The average Bonchev–Trinajstić information content (AvgIpc) is 3.54. The average molecular weight is 476 g/mol. The van der Waals surface area contributed by atoms with Crippen LogP contribution in [0.1, 0.15) is 71.4 Å². The molecule has 2 atom stereocenters. The number of carbonyl (C=O) groups is 1. The molecule has 1 amide bonds. The number of H-pyrrole nitrogens is 1. The van der Waals surface area contributed by atoms with Gasteiger partial charge in [-0.2, -0.15) is 5.10 Å². The summed E-state index contributed by atoms with van der Waals surface area (Å²) in [7, 11) is 0. The van der Waals surface area contributed by atoms with Crippen molar-refractivity contribution in [3.8, 4) is 22.8 Å². The van der Waals surface area contributed by atoms with Gasteiger partial charge in [-0.25, -0.2) is 0 Å². The van der Waals surface area contributed by atoms with Crippen LogP contribution >= 0.6 is 0 Å². The van der Waals surface area contributed by atoms with Gasteiger partial charge < -0.3 is 19.5 Å². The molecule has 2 N–H and O–H groups in total. The fourth-order valence-corrected chi connectivity index (χ4v) is 5.29. The summed E-state index contributed by atoms with van der Waals surface area (Å²) in [5.41, 5.74) is 5.37. The zero-order valence-corrected chi connectivity index (χ0v) is 20.6. The van der Waals surface area contributed by atoms with Gasteiger partial charge in [-0.3, -0.25) is 9.89 Å². The van der Waals surface area contributed by atoms with Gasteiger partial charge in [0.1, 0.15) is 22.9 Å². The van der Waals surface area contributed by atoms with Crippen LogP contribution in [0.15, 0.2) is 36.4 Å². The van der Waals surface area contributed by atoms with Crippen molar-refractivity contribution in [1.82, 2.24) is 15.1 Å².